The summed E-state index contributed by atoms with van der Waals surface area (Å²) in [7, 11) is 1.59. The molecule has 1 aliphatic carbocycles. The number of carbonyl (C=O) groups is 1. The number of rotatable bonds is 8. The molecule has 0 amide bonds. The van der Waals surface area contributed by atoms with E-state index in [2.05, 4.69) is 10.1 Å². The zero-order valence-corrected chi connectivity index (χ0v) is 19.3. The highest BCUT2D eigenvalue weighted by atomic mass is 127. The number of ether oxygens (including phenoxy) is 1. The quantitative estimate of drug-likeness (QED) is 0.250. The lowest BCUT2D eigenvalue weighted by Crippen LogP contribution is -2.27. The molecule has 0 saturated carbocycles. The smallest absolute Gasteiger partial charge is 0.160 e. The van der Waals surface area contributed by atoms with Crippen LogP contribution >= 0.6 is 22.9 Å². The Morgan fingerprint density at radius 1 is 1.34 bits per heavy atom. The van der Waals surface area contributed by atoms with Crippen LogP contribution in [0.2, 0.25) is 0 Å². The Hall–Kier alpha value is -2.42. The van der Waals surface area contributed by atoms with E-state index in [1.807, 2.05) is 48.9 Å². The molecular formula is C22H27IN2O4. The average molecular weight is 510 g/mol. The molecule has 0 atom stereocenters. The van der Waals surface area contributed by atoms with Crippen molar-refractivity contribution in [3.8, 4) is 5.75 Å². The van der Waals surface area contributed by atoms with Crippen LogP contribution in [0.5, 0.6) is 5.75 Å². The topological polar surface area (TPSA) is 82.0 Å². The molecule has 0 radical (unpaired) electrons. The summed E-state index contributed by atoms with van der Waals surface area (Å²) in [6.07, 6.45) is 5.19. The number of halogens is 1. The van der Waals surface area contributed by atoms with E-state index in [1.54, 1.807) is 18.1 Å². The zero-order valence-electron chi connectivity index (χ0n) is 17.2. The Balaban J connectivity index is 2.73. The van der Waals surface area contributed by atoms with Gasteiger partial charge in [0.25, 0.3) is 0 Å². The normalized spacial score (nSPS) is 14.4. The van der Waals surface area contributed by atoms with Gasteiger partial charge in [-0.15, -0.1) is 0 Å². The van der Waals surface area contributed by atoms with Crippen LogP contribution in [0.25, 0.3) is 5.70 Å². The Morgan fingerprint density at radius 2 is 2.03 bits per heavy atom. The first-order valence-electron chi connectivity index (χ1n) is 9.34. The van der Waals surface area contributed by atoms with Crippen molar-refractivity contribution in [1.82, 2.24) is 8.43 Å². The van der Waals surface area contributed by atoms with Crippen LogP contribution in [-0.2, 0) is 11.2 Å². The molecule has 156 valence electrons. The van der Waals surface area contributed by atoms with E-state index in [0.29, 0.717) is 53.4 Å². The van der Waals surface area contributed by atoms with Gasteiger partial charge >= 0.3 is 0 Å². The first kappa shape index (κ1) is 22.9. The van der Waals surface area contributed by atoms with E-state index in [9.17, 15) is 15.0 Å². The third-order valence-electron chi connectivity index (χ3n) is 4.84. The summed E-state index contributed by atoms with van der Waals surface area (Å²) in [6.45, 7) is 9.39. The summed E-state index contributed by atoms with van der Waals surface area (Å²) in [5.74, 6) is 1.38. The van der Waals surface area contributed by atoms with Gasteiger partial charge in [0.05, 0.1) is 47.1 Å². The summed E-state index contributed by atoms with van der Waals surface area (Å²) in [4.78, 5) is 13.8. The molecule has 1 aliphatic rings. The zero-order chi connectivity index (χ0) is 21.7. The van der Waals surface area contributed by atoms with E-state index in [0.717, 1.165) is 5.56 Å². The molecule has 0 unspecified atom stereocenters. The number of aliphatic hydroxyl groups excluding tert-OH is 1. The van der Waals surface area contributed by atoms with E-state index < -0.39 is 0 Å². The standard InChI is InChI=1S/C22H27IN2O4/c1-6-15-10-18(21(28)12-17(15)13(3)26)19(7-2)25(14(4)24-23)20-11-16(27)8-9-22(20)29-5/h7,10-12,24,27-28H,4,6,8-9H2,1-3,5H3/b19-7-. The van der Waals surface area contributed by atoms with Crippen LogP contribution in [0, 0.1) is 0 Å². The molecule has 29 heavy (non-hydrogen) atoms. The van der Waals surface area contributed by atoms with E-state index in [-0.39, 0.29) is 17.3 Å². The molecule has 0 heterocycles. The average Bonchev–Trinajstić information content (AvgIpc) is 2.71. The molecule has 0 aliphatic heterocycles. The number of phenolic OH excluding ortho intramolecular Hbond substituents is 1. The number of methoxy groups -OCH3 is 1. The largest absolute Gasteiger partial charge is 0.512 e. The Labute approximate surface area is 185 Å². The van der Waals surface area contributed by atoms with Crippen LogP contribution in [0.4, 0.5) is 0 Å². The first-order valence-corrected chi connectivity index (χ1v) is 10.4. The number of nitrogens with zero attached hydrogens (tertiary/aromatic N) is 1. The minimum absolute atomic E-state index is 0.00432. The van der Waals surface area contributed by atoms with Crippen LogP contribution in [0.3, 0.4) is 0 Å². The fourth-order valence-corrected chi connectivity index (χ4v) is 3.64. The lowest BCUT2D eigenvalue weighted by atomic mass is 9.96. The van der Waals surface area contributed by atoms with Crippen molar-refractivity contribution in [1.29, 1.82) is 0 Å². The second kappa shape index (κ2) is 9.87. The van der Waals surface area contributed by atoms with Gasteiger partial charge < -0.3 is 18.5 Å². The lowest BCUT2D eigenvalue weighted by molar-refractivity contribution is 0.101. The summed E-state index contributed by atoms with van der Waals surface area (Å²) in [5.41, 5.74) is 3.20. The van der Waals surface area contributed by atoms with Crippen LogP contribution < -0.4 is 3.53 Å². The molecule has 2 rings (SSSR count). The predicted octanol–water partition coefficient (Wildman–Crippen LogP) is 5.32. The number of ketones is 1. The number of aryl methyl sites for hydroxylation is 1. The highest BCUT2D eigenvalue weighted by molar-refractivity contribution is 14.1. The van der Waals surface area contributed by atoms with Gasteiger partial charge in [0.15, 0.2) is 5.78 Å². The molecule has 7 heteroatoms. The molecule has 1 aromatic rings. The number of hydrogen-bond donors (Lipinski definition) is 3. The maximum Gasteiger partial charge on any atom is 0.160 e. The minimum Gasteiger partial charge on any atom is -0.512 e. The number of benzene rings is 1. The van der Waals surface area contributed by atoms with Gasteiger partial charge in [0.1, 0.15) is 17.3 Å². The molecule has 3 N–H and O–H groups in total. The number of nitrogens with one attached hydrogen (secondary N) is 1. The first-order chi connectivity index (χ1) is 13.8. The summed E-state index contributed by atoms with van der Waals surface area (Å²) < 4.78 is 8.57. The van der Waals surface area contributed by atoms with E-state index in [4.69, 9.17) is 4.74 Å². The maximum atomic E-state index is 12.0. The number of Topliss-reactive ketones (excluding diaryl/α,β-unsaturated/α-hetero) is 1. The Kier molecular flexibility index (Phi) is 7.78. The summed E-state index contributed by atoms with van der Waals surface area (Å²) >= 11 is 1.98. The third-order valence-corrected chi connectivity index (χ3v) is 5.46. The number of allylic oxidation sites excluding steroid dienone is 4. The third kappa shape index (κ3) is 4.77. The fraction of sp³-hybridized carbons (Fsp3) is 0.318. The molecule has 0 spiro atoms. The summed E-state index contributed by atoms with van der Waals surface area (Å²) in [5, 5.41) is 20.9. The second-order valence-electron chi connectivity index (χ2n) is 6.63. The highest BCUT2D eigenvalue weighted by Crippen LogP contribution is 2.38. The number of hydrogen-bond acceptors (Lipinski definition) is 6. The lowest BCUT2D eigenvalue weighted by Gasteiger charge is -2.33. The van der Waals surface area contributed by atoms with Crippen LogP contribution in [-0.4, -0.2) is 28.0 Å². The number of carbonyl (C=O) groups excluding carboxylic acids is 1. The van der Waals surface area contributed by atoms with E-state index >= 15 is 0 Å². The van der Waals surface area contributed by atoms with Gasteiger partial charge in [-0.3, -0.25) is 9.69 Å². The molecule has 0 saturated heterocycles. The van der Waals surface area contributed by atoms with Gasteiger partial charge in [-0.25, -0.2) is 0 Å². The van der Waals surface area contributed by atoms with Crippen molar-refractivity contribution in [2.45, 2.75) is 40.0 Å². The molecule has 0 bridgehead atoms. The highest BCUT2D eigenvalue weighted by Gasteiger charge is 2.26. The van der Waals surface area contributed by atoms with Gasteiger partial charge in [-0.1, -0.05) is 19.6 Å². The van der Waals surface area contributed by atoms with Gasteiger partial charge in [0, 0.05) is 30.0 Å². The molecule has 0 aromatic heterocycles. The number of phenols is 1. The van der Waals surface area contributed by atoms with Gasteiger partial charge in [-0.2, -0.15) is 0 Å². The molecule has 0 fully saturated rings. The van der Waals surface area contributed by atoms with Crippen molar-refractivity contribution in [3.63, 3.8) is 0 Å². The van der Waals surface area contributed by atoms with Gasteiger partial charge in [0.2, 0.25) is 0 Å². The van der Waals surface area contributed by atoms with Crippen molar-refractivity contribution in [2.24, 2.45) is 0 Å². The maximum absolute atomic E-state index is 12.0. The van der Waals surface area contributed by atoms with Crippen LogP contribution in [0.15, 0.2) is 53.9 Å². The SMILES string of the molecule is C=C(NI)N(C1=C(OC)CCC(O)=C1)/C(=C\C)c1cc(CC)c(C(C)=O)cc1O. The van der Waals surface area contributed by atoms with Crippen molar-refractivity contribution in [2.75, 3.05) is 7.11 Å². The molecule has 1 aromatic carbocycles. The monoisotopic (exact) mass is 510 g/mol. The molecular weight excluding hydrogens is 483 g/mol. The van der Waals surface area contributed by atoms with Crippen molar-refractivity contribution in [3.05, 3.63) is 70.6 Å². The van der Waals surface area contributed by atoms with Crippen LogP contribution in [0.1, 0.15) is 55.1 Å². The number of aromatic hydroxyl groups is 1. The minimum atomic E-state index is -0.0922. The fourth-order valence-electron chi connectivity index (χ4n) is 3.40. The van der Waals surface area contributed by atoms with Crippen molar-refractivity contribution < 1.29 is 19.7 Å². The Morgan fingerprint density at radius 3 is 2.55 bits per heavy atom. The molecule has 6 nitrogen and oxygen atoms in total. The second-order valence-corrected chi connectivity index (χ2v) is 7.17. The predicted molar refractivity (Wildman–Crippen MR) is 123 cm³/mol. The Bertz CT molecular complexity index is 916. The van der Waals surface area contributed by atoms with Crippen molar-refractivity contribution >= 4 is 34.3 Å². The summed E-state index contributed by atoms with van der Waals surface area (Å²) in [6, 6.07) is 3.34. The van der Waals surface area contributed by atoms with Gasteiger partial charge in [-0.05, 0) is 38.0 Å². The number of aliphatic hydroxyl groups is 1. The van der Waals surface area contributed by atoms with E-state index in [1.165, 1.54) is 13.0 Å².